The molecule has 5 rings (SSSR count). The minimum absolute atomic E-state index is 0.00955. The van der Waals surface area contributed by atoms with Gasteiger partial charge >= 0.3 is 0 Å². The van der Waals surface area contributed by atoms with Crippen molar-refractivity contribution >= 4 is 28.2 Å². The number of hydrogen-bond donors (Lipinski definition) is 1. The van der Waals surface area contributed by atoms with Gasteiger partial charge in [0.1, 0.15) is 11.3 Å². The van der Waals surface area contributed by atoms with Gasteiger partial charge in [0.2, 0.25) is 0 Å². The summed E-state index contributed by atoms with van der Waals surface area (Å²) in [6, 6.07) is 13.7. The molecule has 3 heterocycles. The van der Waals surface area contributed by atoms with Gasteiger partial charge in [-0.1, -0.05) is 45.1 Å². The van der Waals surface area contributed by atoms with Crippen LogP contribution in [0.2, 0.25) is 0 Å². The van der Waals surface area contributed by atoms with Crippen LogP contribution >= 0.6 is 0 Å². The fraction of sp³-hybridized carbons (Fsp3) is 0.452. The lowest BCUT2D eigenvalue weighted by molar-refractivity contribution is 0.103. The zero-order valence-corrected chi connectivity index (χ0v) is 21.4. The van der Waals surface area contributed by atoms with Crippen LogP contribution in [0.3, 0.4) is 0 Å². The number of nitrogens with two attached hydrogens (primary N) is 1. The maximum absolute atomic E-state index is 13.3. The van der Waals surface area contributed by atoms with Gasteiger partial charge in [0.25, 0.3) is 0 Å². The number of carbonyl (C=O) groups excluding carboxylic acids is 1. The molecule has 5 nitrogen and oxygen atoms in total. The summed E-state index contributed by atoms with van der Waals surface area (Å²) in [6.45, 7) is 5.09. The van der Waals surface area contributed by atoms with Crippen molar-refractivity contribution in [3.05, 3.63) is 65.2 Å². The topological polar surface area (TPSA) is 68.7 Å². The molecule has 0 amide bonds. The van der Waals surface area contributed by atoms with Crippen LogP contribution in [0.25, 0.3) is 16.5 Å². The molecule has 2 aliphatic heterocycles. The molecule has 2 N–H and O–H groups in total. The zero-order chi connectivity index (χ0) is 24.9. The normalized spacial score (nSPS) is 17.8. The lowest BCUT2D eigenvalue weighted by Crippen LogP contribution is -2.32. The van der Waals surface area contributed by atoms with Gasteiger partial charge in [-0.3, -0.25) is 9.69 Å². The molecule has 1 atom stereocenters. The van der Waals surface area contributed by atoms with Gasteiger partial charge in [-0.2, -0.15) is 0 Å². The highest BCUT2D eigenvalue weighted by molar-refractivity contribution is 6.11. The van der Waals surface area contributed by atoms with Crippen LogP contribution in [0, 0.1) is 0 Å². The first-order valence-corrected chi connectivity index (χ1v) is 13.7. The largest absolute Gasteiger partial charge is 0.494 e. The highest BCUT2D eigenvalue weighted by atomic mass is 16.5. The average molecular weight is 487 g/mol. The Morgan fingerprint density at radius 3 is 2.67 bits per heavy atom. The number of unbranched alkanes of at least 4 members (excludes halogenated alkanes) is 5. The van der Waals surface area contributed by atoms with Crippen LogP contribution in [-0.2, 0) is 0 Å². The number of nitrogen functional groups attached to an aromatic ring is 1. The molecular formula is C31H38N2O3. The van der Waals surface area contributed by atoms with Gasteiger partial charge in [0, 0.05) is 34.7 Å². The monoisotopic (exact) mass is 486 g/mol. The number of ketones is 1. The second kappa shape index (κ2) is 11.3. The summed E-state index contributed by atoms with van der Waals surface area (Å²) in [6.07, 6.45) is 13.2. The number of furan rings is 1. The highest BCUT2D eigenvalue weighted by Gasteiger charge is 2.30. The molecule has 190 valence electrons. The Labute approximate surface area is 214 Å². The lowest BCUT2D eigenvalue weighted by Gasteiger charge is -2.29. The molecule has 1 saturated heterocycles. The number of anilines is 1. The molecule has 2 aromatic carbocycles. The Bertz CT molecular complexity index is 1220. The number of nitrogens with zero attached hydrogens (tertiary/aromatic N) is 1. The molecule has 3 aromatic rings. The molecule has 36 heavy (non-hydrogen) atoms. The summed E-state index contributed by atoms with van der Waals surface area (Å²) in [5, 5.41) is 0.926. The number of benzene rings is 2. The smallest absolute Gasteiger partial charge is 0.199 e. The third kappa shape index (κ3) is 5.36. The Hall–Kier alpha value is -3.05. The van der Waals surface area contributed by atoms with Crippen molar-refractivity contribution in [2.24, 2.45) is 0 Å². The number of carbonyl (C=O) groups is 1. The van der Waals surface area contributed by atoms with Gasteiger partial charge in [0.15, 0.2) is 11.7 Å². The van der Waals surface area contributed by atoms with E-state index in [0.29, 0.717) is 23.1 Å². The Morgan fingerprint density at radius 1 is 1.06 bits per heavy atom. The molecule has 0 spiro atoms. The van der Waals surface area contributed by atoms with E-state index in [1.165, 1.54) is 57.1 Å². The zero-order valence-electron chi connectivity index (χ0n) is 21.4. The molecule has 1 fully saturated rings. The van der Waals surface area contributed by atoms with E-state index in [1.54, 1.807) is 0 Å². The second-order valence-electron chi connectivity index (χ2n) is 10.2. The average Bonchev–Trinajstić information content (AvgIpc) is 3.50. The first-order valence-electron chi connectivity index (χ1n) is 13.7. The summed E-state index contributed by atoms with van der Waals surface area (Å²) in [5.41, 5.74) is 10.6. The first kappa shape index (κ1) is 24.6. The quantitative estimate of drug-likeness (QED) is 0.229. The number of ether oxygens (including phenoxy) is 1. The van der Waals surface area contributed by atoms with E-state index in [0.717, 1.165) is 48.3 Å². The SMILES string of the molecule is CCCCCCCCOc1ccc(C(=O)c2ccc3oc(N)c(C4=CCN5CCCC5C4)c3c2)cc1. The van der Waals surface area contributed by atoms with Crippen molar-refractivity contribution in [3.63, 3.8) is 0 Å². The predicted octanol–water partition coefficient (Wildman–Crippen LogP) is 7.24. The lowest BCUT2D eigenvalue weighted by atomic mass is 9.92. The van der Waals surface area contributed by atoms with Gasteiger partial charge < -0.3 is 14.9 Å². The van der Waals surface area contributed by atoms with Crippen molar-refractivity contribution < 1.29 is 13.9 Å². The van der Waals surface area contributed by atoms with Crippen LogP contribution in [0.15, 0.2) is 53.0 Å². The summed E-state index contributed by atoms with van der Waals surface area (Å²) >= 11 is 0. The molecule has 1 aromatic heterocycles. The predicted molar refractivity (Wildman–Crippen MR) is 147 cm³/mol. The molecule has 2 aliphatic rings. The third-order valence-electron chi connectivity index (χ3n) is 7.71. The van der Waals surface area contributed by atoms with Gasteiger partial charge in [-0.05, 0) is 80.3 Å². The molecule has 0 saturated carbocycles. The number of fused-ring (bicyclic) bond motifs is 2. The summed E-state index contributed by atoms with van der Waals surface area (Å²) in [5.74, 6) is 1.24. The van der Waals surface area contributed by atoms with E-state index in [-0.39, 0.29) is 5.78 Å². The summed E-state index contributed by atoms with van der Waals surface area (Å²) in [4.78, 5) is 15.8. The molecule has 0 bridgehead atoms. The van der Waals surface area contributed by atoms with E-state index in [4.69, 9.17) is 14.9 Å². The molecular weight excluding hydrogens is 448 g/mol. The molecule has 5 heteroatoms. The van der Waals surface area contributed by atoms with Gasteiger partial charge in [0.05, 0.1) is 6.61 Å². The van der Waals surface area contributed by atoms with E-state index in [2.05, 4.69) is 17.9 Å². The number of hydrogen-bond acceptors (Lipinski definition) is 5. The maximum Gasteiger partial charge on any atom is 0.199 e. The van der Waals surface area contributed by atoms with Crippen LogP contribution in [0.4, 0.5) is 5.88 Å². The van der Waals surface area contributed by atoms with E-state index in [1.807, 2.05) is 42.5 Å². The van der Waals surface area contributed by atoms with Crippen LogP contribution in [-0.4, -0.2) is 36.4 Å². The molecule has 0 radical (unpaired) electrons. The van der Waals surface area contributed by atoms with Gasteiger partial charge in [-0.25, -0.2) is 0 Å². The Balaban J connectivity index is 1.26. The first-order chi connectivity index (χ1) is 17.6. The van der Waals surface area contributed by atoms with Crippen molar-refractivity contribution in [2.45, 2.75) is 70.8 Å². The minimum atomic E-state index is -0.00955. The van der Waals surface area contributed by atoms with Crippen molar-refractivity contribution in [1.82, 2.24) is 4.90 Å². The van der Waals surface area contributed by atoms with Crippen LogP contribution < -0.4 is 10.5 Å². The van der Waals surface area contributed by atoms with Gasteiger partial charge in [-0.15, -0.1) is 0 Å². The van der Waals surface area contributed by atoms with Crippen molar-refractivity contribution in [3.8, 4) is 5.75 Å². The minimum Gasteiger partial charge on any atom is -0.494 e. The fourth-order valence-electron chi connectivity index (χ4n) is 5.67. The van der Waals surface area contributed by atoms with Crippen LogP contribution in [0.1, 0.15) is 86.2 Å². The van der Waals surface area contributed by atoms with E-state index in [9.17, 15) is 4.79 Å². The van der Waals surface area contributed by atoms with Crippen molar-refractivity contribution in [2.75, 3.05) is 25.4 Å². The Morgan fingerprint density at radius 2 is 1.83 bits per heavy atom. The van der Waals surface area contributed by atoms with E-state index >= 15 is 0 Å². The highest BCUT2D eigenvalue weighted by Crippen LogP contribution is 2.40. The second-order valence-corrected chi connectivity index (χ2v) is 10.2. The van der Waals surface area contributed by atoms with Crippen molar-refractivity contribution in [1.29, 1.82) is 0 Å². The molecule has 0 aliphatic carbocycles. The van der Waals surface area contributed by atoms with E-state index < -0.39 is 0 Å². The Kier molecular flexibility index (Phi) is 7.76. The van der Waals surface area contributed by atoms with Crippen LogP contribution in [0.5, 0.6) is 5.75 Å². The standard InChI is InChI=1S/C31H38N2O3/c1-2-3-4-5-6-7-19-35-26-13-10-22(11-14-26)30(34)24-12-15-28-27(21-24)29(31(32)36-28)23-16-18-33-17-8-9-25(33)20-23/h10-16,21,25H,2-9,17-20,32H2,1H3. The fourth-order valence-corrected chi connectivity index (χ4v) is 5.67. The number of rotatable bonds is 11. The summed E-state index contributed by atoms with van der Waals surface area (Å²) in [7, 11) is 0. The third-order valence-corrected chi connectivity index (χ3v) is 7.71. The summed E-state index contributed by atoms with van der Waals surface area (Å²) < 4.78 is 11.8. The molecule has 1 unspecified atom stereocenters. The maximum atomic E-state index is 13.3.